The van der Waals surface area contributed by atoms with Crippen molar-refractivity contribution in [3.63, 3.8) is 0 Å². The average Bonchev–Trinajstić information content (AvgIpc) is 2.93. The number of Topliss-reactive ketones (excluding diaryl/α,β-unsaturated/α-hetero) is 1. The van der Waals surface area contributed by atoms with E-state index in [1.165, 1.54) is 11.3 Å². The standard InChI is InChI=1S/C15H17NO2S/c1-9-8-12(18-3)10(2)7-11(9)15(17)14(16)13-5-4-6-19-13/h4-8,14H,16H2,1-3H3. The smallest absolute Gasteiger partial charge is 0.185 e. The lowest BCUT2D eigenvalue weighted by atomic mass is 9.96. The third-order valence-electron chi connectivity index (χ3n) is 3.14. The van der Waals surface area contributed by atoms with E-state index in [1.54, 1.807) is 7.11 Å². The van der Waals surface area contributed by atoms with Crippen LogP contribution in [-0.4, -0.2) is 12.9 Å². The van der Waals surface area contributed by atoms with Crippen LogP contribution in [0.3, 0.4) is 0 Å². The van der Waals surface area contributed by atoms with Crippen molar-refractivity contribution >= 4 is 17.1 Å². The Morgan fingerprint density at radius 1 is 1.32 bits per heavy atom. The van der Waals surface area contributed by atoms with Gasteiger partial charge in [-0.1, -0.05) is 6.07 Å². The maximum atomic E-state index is 12.5. The zero-order valence-corrected chi connectivity index (χ0v) is 12.1. The molecule has 1 aromatic carbocycles. The van der Waals surface area contributed by atoms with Crippen molar-refractivity contribution < 1.29 is 9.53 Å². The number of ether oxygens (including phenoxy) is 1. The van der Waals surface area contributed by atoms with Gasteiger partial charge in [0, 0.05) is 10.4 Å². The first kappa shape index (κ1) is 13.8. The Bertz CT molecular complexity index is 590. The van der Waals surface area contributed by atoms with E-state index < -0.39 is 6.04 Å². The molecule has 2 aromatic rings. The van der Waals surface area contributed by atoms with E-state index in [1.807, 2.05) is 43.5 Å². The lowest BCUT2D eigenvalue weighted by Crippen LogP contribution is -2.21. The first-order chi connectivity index (χ1) is 9.04. The van der Waals surface area contributed by atoms with Crippen LogP contribution in [0.25, 0.3) is 0 Å². The number of thiophene rings is 1. The summed E-state index contributed by atoms with van der Waals surface area (Å²) in [5, 5.41) is 1.93. The fraction of sp³-hybridized carbons (Fsp3) is 0.267. The van der Waals surface area contributed by atoms with Crippen LogP contribution in [0.15, 0.2) is 29.6 Å². The highest BCUT2D eigenvalue weighted by Crippen LogP contribution is 2.27. The Hall–Kier alpha value is -1.65. The molecule has 1 unspecified atom stereocenters. The molecule has 0 saturated carbocycles. The lowest BCUT2D eigenvalue weighted by molar-refractivity contribution is 0.0962. The van der Waals surface area contributed by atoms with E-state index in [0.29, 0.717) is 5.56 Å². The highest BCUT2D eigenvalue weighted by molar-refractivity contribution is 7.10. The number of hydrogen-bond acceptors (Lipinski definition) is 4. The molecule has 2 rings (SSSR count). The normalized spacial score (nSPS) is 12.2. The number of rotatable bonds is 4. The quantitative estimate of drug-likeness (QED) is 0.871. The number of hydrogen-bond donors (Lipinski definition) is 1. The Morgan fingerprint density at radius 2 is 2.05 bits per heavy atom. The summed E-state index contributed by atoms with van der Waals surface area (Å²) in [5.41, 5.74) is 8.53. The summed E-state index contributed by atoms with van der Waals surface area (Å²) in [6.07, 6.45) is 0. The number of carbonyl (C=O) groups excluding carboxylic acids is 1. The maximum Gasteiger partial charge on any atom is 0.185 e. The molecule has 0 aliphatic carbocycles. The number of nitrogens with two attached hydrogens (primary N) is 1. The Balaban J connectivity index is 2.37. The highest BCUT2D eigenvalue weighted by atomic mass is 32.1. The Morgan fingerprint density at radius 3 is 2.63 bits per heavy atom. The molecule has 0 spiro atoms. The van der Waals surface area contributed by atoms with Gasteiger partial charge in [-0.25, -0.2) is 0 Å². The number of carbonyl (C=O) groups is 1. The van der Waals surface area contributed by atoms with Crippen LogP contribution in [0.1, 0.15) is 32.4 Å². The number of aryl methyl sites for hydroxylation is 2. The average molecular weight is 275 g/mol. The molecule has 0 aliphatic rings. The van der Waals surface area contributed by atoms with Gasteiger partial charge in [-0.15, -0.1) is 11.3 Å². The summed E-state index contributed by atoms with van der Waals surface area (Å²) in [6.45, 7) is 3.82. The number of ketones is 1. The number of methoxy groups -OCH3 is 1. The van der Waals surface area contributed by atoms with E-state index in [-0.39, 0.29) is 5.78 Å². The van der Waals surface area contributed by atoms with Crippen LogP contribution in [-0.2, 0) is 0 Å². The summed E-state index contributed by atoms with van der Waals surface area (Å²) in [4.78, 5) is 13.3. The summed E-state index contributed by atoms with van der Waals surface area (Å²) >= 11 is 1.50. The van der Waals surface area contributed by atoms with Crippen molar-refractivity contribution in [3.05, 3.63) is 51.2 Å². The molecule has 100 valence electrons. The van der Waals surface area contributed by atoms with Crippen molar-refractivity contribution in [2.75, 3.05) is 7.11 Å². The molecule has 1 atom stereocenters. The van der Waals surface area contributed by atoms with Gasteiger partial charge >= 0.3 is 0 Å². The van der Waals surface area contributed by atoms with Crippen LogP contribution in [0, 0.1) is 13.8 Å². The molecule has 2 N–H and O–H groups in total. The van der Waals surface area contributed by atoms with E-state index in [9.17, 15) is 4.79 Å². The van der Waals surface area contributed by atoms with Crippen molar-refractivity contribution in [1.29, 1.82) is 0 Å². The van der Waals surface area contributed by atoms with Gasteiger partial charge in [0.1, 0.15) is 11.8 Å². The van der Waals surface area contributed by atoms with Crippen LogP contribution in [0.2, 0.25) is 0 Å². The van der Waals surface area contributed by atoms with Crippen molar-refractivity contribution in [2.24, 2.45) is 5.73 Å². The SMILES string of the molecule is COc1cc(C)c(C(=O)C(N)c2cccs2)cc1C. The van der Waals surface area contributed by atoms with Crippen LogP contribution in [0.4, 0.5) is 0 Å². The van der Waals surface area contributed by atoms with Crippen molar-refractivity contribution in [3.8, 4) is 5.75 Å². The third kappa shape index (κ3) is 2.69. The zero-order chi connectivity index (χ0) is 14.0. The summed E-state index contributed by atoms with van der Waals surface area (Å²) in [6, 6.07) is 6.93. The molecule has 0 aliphatic heterocycles. The lowest BCUT2D eigenvalue weighted by Gasteiger charge is -2.13. The van der Waals surface area contributed by atoms with Crippen LogP contribution in [0.5, 0.6) is 5.75 Å². The van der Waals surface area contributed by atoms with E-state index in [4.69, 9.17) is 10.5 Å². The van der Waals surface area contributed by atoms with Gasteiger partial charge in [0.25, 0.3) is 0 Å². The summed E-state index contributed by atoms with van der Waals surface area (Å²) < 4.78 is 5.25. The molecule has 0 amide bonds. The Kier molecular flexibility index (Phi) is 4.02. The predicted octanol–water partition coefficient (Wildman–Crippen LogP) is 3.26. The van der Waals surface area contributed by atoms with Gasteiger partial charge in [0.2, 0.25) is 0 Å². The molecule has 4 heteroatoms. The maximum absolute atomic E-state index is 12.5. The molecule has 0 fully saturated rings. The number of benzene rings is 1. The molecular formula is C15H17NO2S. The minimum absolute atomic E-state index is 0.0503. The second-order valence-corrected chi connectivity index (χ2v) is 5.47. The molecule has 0 radical (unpaired) electrons. The fourth-order valence-corrected chi connectivity index (χ4v) is 2.77. The third-order valence-corrected chi connectivity index (χ3v) is 4.09. The predicted molar refractivity (Wildman–Crippen MR) is 78.0 cm³/mol. The first-order valence-corrected chi connectivity index (χ1v) is 6.91. The second-order valence-electron chi connectivity index (χ2n) is 4.49. The molecule has 0 bridgehead atoms. The van der Waals surface area contributed by atoms with Gasteiger partial charge in [0.05, 0.1) is 7.11 Å². The van der Waals surface area contributed by atoms with Gasteiger partial charge in [-0.3, -0.25) is 4.79 Å². The molecule has 1 aromatic heterocycles. The minimum atomic E-state index is -0.591. The molecular weight excluding hydrogens is 258 g/mol. The van der Waals surface area contributed by atoms with Crippen LogP contribution < -0.4 is 10.5 Å². The Labute approximate surface area is 117 Å². The fourth-order valence-electron chi connectivity index (χ4n) is 2.04. The monoisotopic (exact) mass is 275 g/mol. The molecule has 3 nitrogen and oxygen atoms in total. The van der Waals surface area contributed by atoms with Gasteiger partial charge < -0.3 is 10.5 Å². The second kappa shape index (κ2) is 5.55. The zero-order valence-electron chi connectivity index (χ0n) is 11.3. The van der Waals surface area contributed by atoms with Gasteiger partial charge in [0.15, 0.2) is 5.78 Å². The van der Waals surface area contributed by atoms with Crippen molar-refractivity contribution in [1.82, 2.24) is 0 Å². The van der Waals surface area contributed by atoms with E-state index >= 15 is 0 Å². The largest absolute Gasteiger partial charge is 0.496 e. The topological polar surface area (TPSA) is 52.3 Å². The first-order valence-electron chi connectivity index (χ1n) is 6.03. The molecule has 19 heavy (non-hydrogen) atoms. The molecule has 0 saturated heterocycles. The molecule has 1 heterocycles. The highest BCUT2D eigenvalue weighted by Gasteiger charge is 2.21. The van der Waals surface area contributed by atoms with E-state index in [2.05, 4.69) is 0 Å². The van der Waals surface area contributed by atoms with E-state index in [0.717, 1.165) is 21.8 Å². The van der Waals surface area contributed by atoms with Crippen molar-refractivity contribution in [2.45, 2.75) is 19.9 Å². The minimum Gasteiger partial charge on any atom is -0.496 e. The summed E-state index contributed by atoms with van der Waals surface area (Å²) in [7, 11) is 1.63. The van der Waals surface area contributed by atoms with Crippen LogP contribution >= 0.6 is 11.3 Å². The van der Waals surface area contributed by atoms with Gasteiger partial charge in [-0.05, 0) is 48.6 Å². The summed E-state index contributed by atoms with van der Waals surface area (Å²) in [5.74, 6) is 0.740. The van der Waals surface area contributed by atoms with Gasteiger partial charge in [-0.2, -0.15) is 0 Å².